The summed E-state index contributed by atoms with van der Waals surface area (Å²) in [6.07, 6.45) is 7.79. The number of piperidine rings is 1. The van der Waals surface area contributed by atoms with Gasteiger partial charge in [0.25, 0.3) is 0 Å². The first-order chi connectivity index (χ1) is 33.2. The van der Waals surface area contributed by atoms with Gasteiger partial charge in [-0.25, -0.2) is 19.8 Å². The molecule has 3 fully saturated rings. The van der Waals surface area contributed by atoms with Crippen molar-refractivity contribution in [1.82, 2.24) is 30.2 Å². The highest BCUT2D eigenvalue weighted by Crippen LogP contribution is 2.49. The summed E-state index contributed by atoms with van der Waals surface area (Å²) in [6, 6.07) is 15.8. The van der Waals surface area contributed by atoms with Crippen molar-refractivity contribution in [2.45, 2.75) is 83.7 Å². The normalized spacial score (nSPS) is 19.5. The molecule has 10 rings (SSSR count). The van der Waals surface area contributed by atoms with Crippen LogP contribution in [0.2, 0.25) is 0 Å². The Hall–Kier alpha value is -7.04. The number of nitrogens with zero attached hydrogens (tertiary/aromatic N) is 5. The molecule has 3 aliphatic heterocycles. The summed E-state index contributed by atoms with van der Waals surface area (Å²) in [6.45, 7) is 5.58. The fourth-order valence-corrected chi connectivity index (χ4v) is 10.0. The summed E-state index contributed by atoms with van der Waals surface area (Å²) >= 11 is 0. The lowest BCUT2D eigenvalue weighted by atomic mass is 9.73. The Morgan fingerprint density at radius 1 is 0.882 bits per heavy atom. The lowest BCUT2D eigenvalue weighted by molar-refractivity contribution is -0.143. The van der Waals surface area contributed by atoms with E-state index >= 15 is 0 Å². The molecule has 5 aromatic rings. The maximum Gasteiger partial charge on any atom is 0.413 e. The zero-order valence-corrected chi connectivity index (χ0v) is 38.9. The number of aromatic amines is 1. The minimum atomic E-state index is -0.989. The number of nitrogens with one attached hydrogen (secondary N) is 2. The number of carbonyl (C=O) groups is 3. The highest BCUT2D eigenvalue weighted by Gasteiger charge is 2.44. The predicted molar refractivity (Wildman–Crippen MR) is 251 cm³/mol. The smallest absolute Gasteiger partial charge is 0.413 e. The van der Waals surface area contributed by atoms with Crippen LogP contribution in [0.4, 0.5) is 4.79 Å². The van der Waals surface area contributed by atoms with Gasteiger partial charge in [0.1, 0.15) is 35.1 Å². The van der Waals surface area contributed by atoms with E-state index in [0.29, 0.717) is 108 Å². The number of H-pyrrole nitrogens is 1. The molecule has 17 heteroatoms. The average molecular weight is 928 g/mol. The quantitative estimate of drug-likeness (QED) is 0.105. The summed E-state index contributed by atoms with van der Waals surface area (Å²) in [7, 11) is 3.22. The molecule has 17 nitrogen and oxygen atoms in total. The molecule has 3 atom stereocenters. The van der Waals surface area contributed by atoms with Gasteiger partial charge in [-0.15, -0.1) is 0 Å². The number of benzene rings is 3. The van der Waals surface area contributed by atoms with Crippen molar-refractivity contribution < 1.29 is 47.5 Å². The molecule has 68 heavy (non-hydrogen) atoms. The molecule has 0 unspecified atom stereocenters. The topological polar surface area (TPSA) is 188 Å². The number of ether oxygens (including phenoxy) is 7. The van der Waals surface area contributed by atoms with E-state index in [1.807, 2.05) is 61.5 Å². The third-order valence-corrected chi connectivity index (χ3v) is 13.8. The van der Waals surface area contributed by atoms with Crippen molar-refractivity contribution in [3.8, 4) is 51.5 Å². The van der Waals surface area contributed by atoms with Gasteiger partial charge in [-0.05, 0) is 106 Å². The molecule has 2 N–H and O–H groups in total. The first-order valence-corrected chi connectivity index (χ1v) is 23.7. The molecule has 5 aliphatic rings. The van der Waals surface area contributed by atoms with Gasteiger partial charge in [0.15, 0.2) is 28.7 Å². The van der Waals surface area contributed by atoms with Gasteiger partial charge in [0, 0.05) is 36.9 Å². The first kappa shape index (κ1) is 44.8. The number of hydrogen-bond donors (Lipinski definition) is 2. The second kappa shape index (κ2) is 19.3. The Labute approximate surface area is 394 Å². The number of aromatic nitrogens is 3. The molecular weight excluding hydrogens is 871 g/mol. The number of rotatable bonds is 15. The van der Waals surface area contributed by atoms with Gasteiger partial charge >= 0.3 is 6.09 Å². The van der Waals surface area contributed by atoms with Crippen LogP contribution in [0.15, 0.2) is 66.0 Å². The predicted octanol–water partition coefficient (Wildman–Crippen LogP) is 7.61. The maximum atomic E-state index is 14.6. The van der Waals surface area contributed by atoms with Crippen LogP contribution < -0.4 is 38.5 Å². The van der Waals surface area contributed by atoms with Crippen molar-refractivity contribution >= 4 is 34.7 Å². The highest BCUT2D eigenvalue weighted by atomic mass is 16.7. The molecular formula is C51H57N7O10. The number of aryl methyl sites for hydroxylation is 1. The lowest BCUT2D eigenvalue weighted by Gasteiger charge is -2.43. The molecule has 2 aliphatic carbocycles. The van der Waals surface area contributed by atoms with Gasteiger partial charge in [0.2, 0.25) is 18.6 Å². The highest BCUT2D eigenvalue weighted by molar-refractivity contribution is 6.07. The van der Waals surface area contributed by atoms with Gasteiger partial charge in [-0.1, -0.05) is 25.0 Å². The van der Waals surface area contributed by atoms with Crippen molar-refractivity contribution in [1.29, 1.82) is 0 Å². The van der Waals surface area contributed by atoms with Crippen LogP contribution in [0.5, 0.6) is 40.2 Å². The number of fused-ring (bicyclic) bond motifs is 3. The Morgan fingerprint density at radius 2 is 1.65 bits per heavy atom. The van der Waals surface area contributed by atoms with E-state index in [1.54, 1.807) is 31.1 Å². The standard InChI is InChI=1S/C51H57N7O10/c1-5-64-34-15-12-30(13-16-34)24-37(50(60)57-22-20-33(21-23-57)58-49(59)36-9-7-6-8-35(36)43(56-58)32-14-17-38(62-3)41(25-32)63-4)55-51(61)68-47-29(2)54-45-44(52-27-53-46(45)47)42-39(65-26-31-10-11-31)18-19-40-48(42)67-28-66-40/h12-19,25,27,31,33,35-37,54H,5-11,20-24,26,28H2,1-4H3,(H,55,61)/t35-,36+,37+/m0/s1. The number of hydrazone groups is 1. The Morgan fingerprint density at radius 3 is 2.40 bits per heavy atom. The molecule has 0 spiro atoms. The minimum Gasteiger partial charge on any atom is -0.494 e. The molecule has 1 saturated heterocycles. The van der Waals surface area contributed by atoms with Gasteiger partial charge < -0.3 is 48.4 Å². The van der Waals surface area contributed by atoms with Crippen LogP contribution in [0.25, 0.3) is 22.3 Å². The van der Waals surface area contributed by atoms with Crippen LogP contribution in [-0.4, -0.2) is 108 Å². The average Bonchev–Trinajstić information content (AvgIpc) is 3.98. The molecule has 2 aromatic heterocycles. The monoisotopic (exact) mass is 927 g/mol. The fourth-order valence-electron chi connectivity index (χ4n) is 10.0. The van der Waals surface area contributed by atoms with Gasteiger partial charge in [-0.2, -0.15) is 5.10 Å². The Kier molecular flexibility index (Phi) is 12.7. The number of methoxy groups -OCH3 is 2. The minimum absolute atomic E-state index is 0.0160. The van der Waals surface area contributed by atoms with Crippen molar-refractivity contribution in [3.63, 3.8) is 0 Å². The molecule has 356 valence electrons. The molecule has 3 amide bonds. The Balaban J connectivity index is 0.882. The van der Waals surface area contributed by atoms with Crippen LogP contribution >= 0.6 is 0 Å². The third kappa shape index (κ3) is 8.93. The molecule has 3 aromatic carbocycles. The van der Waals surface area contributed by atoms with E-state index in [2.05, 4.69) is 20.3 Å². The van der Waals surface area contributed by atoms with Crippen molar-refractivity contribution in [3.05, 3.63) is 77.7 Å². The number of likely N-dealkylation sites (tertiary alicyclic amines) is 1. The summed E-state index contributed by atoms with van der Waals surface area (Å²) in [5, 5.41) is 9.70. The van der Waals surface area contributed by atoms with Crippen LogP contribution in [0.3, 0.4) is 0 Å². The summed E-state index contributed by atoms with van der Waals surface area (Å²) in [4.78, 5) is 57.2. The third-order valence-electron chi connectivity index (χ3n) is 13.8. The second-order valence-corrected chi connectivity index (χ2v) is 18.1. The van der Waals surface area contributed by atoms with Crippen molar-refractivity contribution in [2.75, 3.05) is 47.3 Å². The van der Waals surface area contributed by atoms with E-state index < -0.39 is 12.1 Å². The molecule has 2 saturated carbocycles. The van der Waals surface area contributed by atoms with Gasteiger partial charge in [-0.3, -0.25) is 9.59 Å². The van der Waals surface area contributed by atoms with E-state index in [1.165, 1.54) is 6.33 Å². The van der Waals surface area contributed by atoms with Crippen molar-refractivity contribution in [2.24, 2.45) is 22.9 Å². The molecule has 0 radical (unpaired) electrons. The summed E-state index contributed by atoms with van der Waals surface area (Å²) in [5.74, 6) is 3.95. The lowest BCUT2D eigenvalue weighted by Crippen LogP contribution is -2.56. The van der Waals surface area contributed by atoms with Crippen LogP contribution in [-0.2, 0) is 16.0 Å². The zero-order valence-electron chi connectivity index (χ0n) is 38.9. The number of carbonyl (C=O) groups excluding carboxylic acids is 3. The SMILES string of the molecule is CCOc1ccc(C[C@@H](NC(=O)Oc2c(C)[nH]c3c(-c4c(OCC5CC5)ccc5c4OCO5)ncnc23)C(=O)N2CCC(N3N=C(c4ccc(OC)c(OC)c4)[C@H]4CCCC[C@H]4C3=O)CC2)cc1. The maximum absolute atomic E-state index is 14.6. The number of hydrogen-bond acceptors (Lipinski definition) is 13. The van der Waals surface area contributed by atoms with E-state index in [9.17, 15) is 14.4 Å². The Bertz CT molecular complexity index is 2730. The van der Waals surface area contributed by atoms with E-state index in [0.717, 1.165) is 55.4 Å². The van der Waals surface area contributed by atoms with E-state index in [-0.39, 0.29) is 48.7 Å². The zero-order chi connectivity index (χ0) is 46.9. The van der Waals surface area contributed by atoms with E-state index in [4.69, 9.17) is 38.3 Å². The van der Waals surface area contributed by atoms with Crippen LogP contribution in [0.1, 0.15) is 75.1 Å². The second-order valence-electron chi connectivity index (χ2n) is 18.1. The fraction of sp³-hybridized carbons (Fsp3) is 0.451. The molecule has 0 bridgehead atoms. The summed E-state index contributed by atoms with van der Waals surface area (Å²) in [5.41, 5.74) is 5.14. The largest absolute Gasteiger partial charge is 0.494 e. The molecule has 5 heterocycles. The first-order valence-electron chi connectivity index (χ1n) is 23.7. The van der Waals surface area contributed by atoms with Gasteiger partial charge in [0.05, 0.1) is 56.0 Å². The van der Waals surface area contributed by atoms with Crippen LogP contribution in [0, 0.1) is 24.7 Å². The number of amides is 3. The summed E-state index contributed by atoms with van der Waals surface area (Å²) < 4.78 is 40.8.